The van der Waals surface area contributed by atoms with E-state index < -0.39 is 17.6 Å². The third-order valence-electron chi connectivity index (χ3n) is 3.89. The van der Waals surface area contributed by atoms with Crippen LogP contribution in [-0.4, -0.2) is 35.3 Å². The second kappa shape index (κ2) is 8.66. The number of benzene rings is 1. The largest absolute Gasteiger partial charge is 0.416 e. The number of hydrogen-bond acceptors (Lipinski definition) is 3. The summed E-state index contributed by atoms with van der Waals surface area (Å²) in [6.07, 6.45) is -0.101. The van der Waals surface area contributed by atoms with Gasteiger partial charge in [0.1, 0.15) is 0 Å². The van der Waals surface area contributed by atoms with Crippen molar-refractivity contribution >= 4 is 17.5 Å². The maximum Gasteiger partial charge on any atom is 0.416 e. The minimum absolute atomic E-state index is 0.00613. The summed E-state index contributed by atoms with van der Waals surface area (Å²) in [7, 11) is 1.66. The van der Waals surface area contributed by atoms with Crippen molar-refractivity contribution < 1.29 is 22.8 Å². The van der Waals surface area contributed by atoms with Gasteiger partial charge in [-0.1, -0.05) is 19.4 Å². The fraction of sp³-hybridized carbons (Fsp3) is 0.316. The molecule has 0 saturated heterocycles. The summed E-state index contributed by atoms with van der Waals surface area (Å²) in [5.74, 6) is -0.919. The van der Waals surface area contributed by atoms with Crippen molar-refractivity contribution in [3.05, 3.63) is 59.4 Å². The van der Waals surface area contributed by atoms with E-state index in [0.29, 0.717) is 6.54 Å². The van der Waals surface area contributed by atoms with Crippen LogP contribution in [0.1, 0.15) is 46.0 Å². The number of alkyl halides is 3. The van der Waals surface area contributed by atoms with Crippen LogP contribution in [0.2, 0.25) is 0 Å². The van der Waals surface area contributed by atoms with Crippen LogP contribution >= 0.6 is 0 Å². The first-order valence-electron chi connectivity index (χ1n) is 8.41. The molecule has 1 N–H and O–H groups in total. The Bertz CT molecular complexity index is 822. The Balaban J connectivity index is 2.15. The highest BCUT2D eigenvalue weighted by molar-refractivity contribution is 6.05. The fourth-order valence-electron chi connectivity index (χ4n) is 2.37. The molecule has 5 nitrogen and oxygen atoms in total. The van der Waals surface area contributed by atoms with Gasteiger partial charge in [0.2, 0.25) is 0 Å². The lowest BCUT2D eigenvalue weighted by atomic mass is 10.1. The van der Waals surface area contributed by atoms with Crippen LogP contribution in [0, 0.1) is 0 Å². The van der Waals surface area contributed by atoms with E-state index in [9.17, 15) is 22.8 Å². The number of halogens is 3. The highest BCUT2D eigenvalue weighted by Gasteiger charge is 2.30. The van der Waals surface area contributed by atoms with Crippen LogP contribution < -0.4 is 5.32 Å². The Morgan fingerprint density at radius 1 is 1.15 bits per heavy atom. The predicted molar refractivity (Wildman–Crippen MR) is 95.5 cm³/mol. The Morgan fingerprint density at radius 2 is 1.85 bits per heavy atom. The number of rotatable bonds is 6. The number of unbranched alkanes of at least 4 members (excludes halogenated alkanes) is 1. The zero-order valence-electron chi connectivity index (χ0n) is 15.0. The van der Waals surface area contributed by atoms with Crippen LogP contribution in [0.4, 0.5) is 18.9 Å². The van der Waals surface area contributed by atoms with Gasteiger partial charge in [0.15, 0.2) is 0 Å². The molecule has 2 rings (SSSR count). The Kier molecular flexibility index (Phi) is 6.55. The lowest BCUT2D eigenvalue weighted by Gasteiger charge is -2.16. The van der Waals surface area contributed by atoms with E-state index in [1.165, 1.54) is 35.5 Å². The molecule has 0 saturated carbocycles. The first-order valence-corrected chi connectivity index (χ1v) is 8.41. The van der Waals surface area contributed by atoms with Crippen LogP contribution in [-0.2, 0) is 6.18 Å². The molecule has 8 heteroatoms. The molecule has 1 aromatic carbocycles. The van der Waals surface area contributed by atoms with E-state index in [1.807, 2.05) is 6.92 Å². The molecule has 0 bridgehead atoms. The molecule has 0 unspecified atom stereocenters. The van der Waals surface area contributed by atoms with Gasteiger partial charge in [0, 0.05) is 31.7 Å². The summed E-state index contributed by atoms with van der Waals surface area (Å²) >= 11 is 0. The van der Waals surface area contributed by atoms with E-state index in [0.717, 1.165) is 25.0 Å². The molecule has 1 heterocycles. The van der Waals surface area contributed by atoms with Crippen molar-refractivity contribution in [3.8, 4) is 0 Å². The minimum atomic E-state index is -4.50. The predicted octanol–water partition coefficient (Wildman–Crippen LogP) is 4.22. The summed E-state index contributed by atoms with van der Waals surface area (Å²) in [6.45, 7) is 2.59. The van der Waals surface area contributed by atoms with Gasteiger partial charge in [-0.25, -0.2) is 0 Å². The molecular weight excluding hydrogens is 359 g/mol. The minimum Gasteiger partial charge on any atom is -0.342 e. The number of aromatic nitrogens is 1. The van der Waals surface area contributed by atoms with Crippen molar-refractivity contribution in [1.29, 1.82) is 0 Å². The third-order valence-corrected chi connectivity index (χ3v) is 3.89. The van der Waals surface area contributed by atoms with Crippen LogP contribution in [0.15, 0.2) is 42.7 Å². The van der Waals surface area contributed by atoms with Gasteiger partial charge in [0.25, 0.3) is 11.8 Å². The number of anilines is 1. The van der Waals surface area contributed by atoms with Crippen molar-refractivity contribution in [3.63, 3.8) is 0 Å². The van der Waals surface area contributed by atoms with Crippen LogP contribution in [0.25, 0.3) is 0 Å². The lowest BCUT2D eigenvalue weighted by molar-refractivity contribution is -0.137. The summed E-state index contributed by atoms with van der Waals surface area (Å²) < 4.78 is 38.3. The smallest absolute Gasteiger partial charge is 0.342 e. The summed E-state index contributed by atoms with van der Waals surface area (Å²) in [5.41, 5.74) is -0.529. The maximum atomic E-state index is 12.8. The molecule has 0 spiro atoms. The van der Waals surface area contributed by atoms with Gasteiger partial charge in [0.05, 0.1) is 16.7 Å². The van der Waals surface area contributed by atoms with E-state index in [-0.39, 0.29) is 22.7 Å². The van der Waals surface area contributed by atoms with E-state index in [4.69, 9.17) is 0 Å². The van der Waals surface area contributed by atoms with Crippen molar-refractivity contribution in [1.82, 2.24) is 9.88 Å². The van der Waals surface area contributed by atoms with E-state index >= 15 is 0 Å². The number of carbonyl (C=O) groups excluding carboxylic acids is 2. The molecule has 27 heavy (non-hydrogen) atoms. The summed E-state index contributed by atoms with van der Waals surface area (Å²) in [6, 6.07) is 5.70. The Morgan fingerprint density at radius 3 is 2.52 bits per heavy atom. The molecule has 2 aromatic rings. The van der Waals surface area contributed by atoms with Gasteiger partial charge in [-0.2, -0.15) is 13.2 Å². The highest BCUT2D eigenvalue weighted by Crippen LogP contribution is 2.30. The Hall–Kier alpha value is -2.90. The molecule has 0 aliphatic rings. The average molecular weight is 379 g/mol. The second-order valence-corrected chi connectivity index (χ2v) is 6.08. The molecule has 0 aliphatic carbocycles. The second-order valence-electron chi connectivity index (χ2n) is 6.08. The lowest BCUT2D eigenvalue weighted by Crippen LogP contribution is -2.28. The quantitative estimate of drug-likeness (QED) is 0.817. The molecule has 1 aromatic heterocycles. The van der Waals surface area contributed by atoms with Crippen molar-refractivity contribution in [2.75, 3.05) is 18.9 Å². The first-order chi connectivity index (χ1) is 12.7. The van der Waals surface area contributed by atoms with Gasteiger partial charge >= 0.3 is 6.18 Å². The number of hydrogen-bond donors (Lipinski definition) is 1. The van der Waals surface area contributed by atoms with E-state index in [1.54, 1.807) is 7.05 Å². The number of nitrogens with zero attached hydrogens (tertiary/aromatic N) is 2. The van der Waals surface area contributed by atoms with Crippen LogP contribution in [0.5, 0.6) is 0 Å². The SMILES string of the molecule is CCCCN(C)C(=O)c1cncc(C(=O)Nc2cccc(C(F)(F)F)c2)c1. The van der Waals surface area contributed by atoms with Crippen molar-refractivity contribution in [2.45, 2.75) is 25.9 Å². The first kappa shape index (κ1) is 20.4. The topological polar surface area (TPSA) is 62.3 Å². The highest BCUT2D eigenvalue weighted by atomic mass is 19.4. The molecular formula is C19H20F3N3O2. The normalized spacial score (nSPS) is 11.1. The molecule has 2 amide bonds. The number of amides is 2. The standard InChI is InChI=1S/C19H20F3N3O2/c1-3-4-8-25(2)18(27)14-9-13(11-23-12-14)17(26)24-16-7-5-6-15(10-16)19(20,21)22/h5-7,9-12H,3-4,8H2,1-2H3,(H,24,26). The zero-order chi connectivity index (χ0) is 20.0. The van der Waals surface area contributed by atoms with E-state index in [2.05, 4.69) is 10.3 Å². The van der Waals surface area contributed by atoms with Gasteiger partial charge in [-0.3, -0.25) is 14.6 Å². The van der Waals surface area contributed by atoms with Crippen molar-refractivity contribution in [2.24, 2.45) is 0 Å². The van der Waals surface area contributed by atoms with Crippen LogP contribution in [0.3, 0.4) is 0 Å². The van der Waals surface area contributed by atoms with Gasteiger partial charge in [-0.05, 0) is 30.7 Å². The number of pyridine rings is 1. The Labute approximate surface area is 155 Å². The van der Waals surface area contributed by atoms with Gasteiger partial charge in [-0.15, -0.1) is 0 Å². The molecule has 0 aliphatic heterocycles. The average Bonchev–Trinajstić information content (AvgIpc) is 2.65. The molecule has 0 fully saturated rings. The zero-order valence-corrected chi connectivity index (χ0v) is 15.0. The molecule has 0 atom stereocenters. The number of carbonyl (C=O) groups is 2. The molecule has 0 radical (unpaired) electrons. The monoisotopic (exact) mass is 379 g/mol. The summed E-state index contributed by atoms with van der Waals surface area (Å²) in [4.78, 5) is 30.1. The third kappa shape index (κ3) is 5.54. The molecule has 144 valence electrons. The summed E-state index contributed by atoms with van der Waals surface area (Å²) in [5, 5.41) is 2.40. The fourth-order valence-corrected chi connectivity index (χ4v) is 2.37. The van der Waals surface area contributed by atoms with Gasteiger partial charge < -0.3 is 10.2 Å². The maximum absolute atomic E-state index is 12.8. The number of nitrogens with one attached hydrogen (secondary N) is 1.